The lowest BCUT2D eigenvalue weighted by Gasteiger charge is -2.44. The number of carboxylic acid groups (broad SMARTS) is 1. The van der Waals surface area contributed by atoms with Crippen LogP contribution in [0.3, 0.4) is 0 Å². The van der Waals surface area contributed by atoms with Gasteiger partial charge < -0.3 is 20.6 Å². The maximum absolute atomic E-state index is 14.4. The number of guanidine groups is 1. The van der Waals surface area contributed by atoms with Crippen LogP contribution in [-0.4, -0.2) is 51.7 Å². The largest absolute Gasteiger partial charge is 0.481 e. The van der Waals surface area contributed by atoms with Crippen molar-refractivity contribution in [3.05, 3.63) is 70.3 Å². The van der Waals surface area contributed by atoms with Crippen molar-refractivity contribution in [1.29, 1.82) is 0 Å². The van der Waals surface area contributed by atoms with Crippen molar-refractivity contribution in [2.45, 2.75) is 82.9 Å². The number of hydrogen-bond donors (Lipinski definition) is 3. The van der Waals surface area contributed by atoms with Crippen LogP contribution in [0.25, 0.3) is 10.9 Å². The quantitative estimate of drug-likeness (QED) is 0.0694. The molecule has 5 N–H and O–H groups in total. The molecule has 0 bridgehead atoms. The third-order valence-corrected chi connectivity index (χ3v) is 9.60. The molecule has 1 saturated carbocycles. The molecule has 0 unspecified atom stereocenters. The Hall–Kier alpha value is -4.41. The molecule has 0 amide bonds. The second-order valence-corrected chi connectivity index (χ2v) is 13.4. The predicted octanol–water partition coefficient (Wildman–Crippen LogP) is 7.23. The number of nitrogens with zero attached hydrogens (tertiary/aromatic N) is 5. The number of piperidine rings is 1. The van der Waals surface area contributed by atoms with Crippen LogP contribution in [0, 0.1) is 23.5 Å². The highest BCUT2D eigenvalue weighted by atomic mass is 19.4. The minimum atomic E-state index is -5.08. The summed E-state index contributed by atoms with van der Waals surface area (Å²) in [5.41, 5.74) is 3.43. The van der Waals surface area contributed by atoms with E-state index in [1.807, 2.05) is 0 Å². The summed E-state index contributed by atoms with van der Waals surface area (Å²) in [6.45, 7) is -0.290. The molecule has 17 heteroatoms. The van der Waals surface area contributed by atoms with Crippen molar-refractivity contribution in [2.75, 3.05) is 18.5 Å². The number of pyridine rings is 1. The molecule has 1 aromatic heterocycles. The number of hydrogen-bond acceptors (Lipinski definition) is 6. The number of nitrogens with two attached hydrogens (primary N) is 2. The molecule has 2 aromatic carbocycles. The van der Waals surface area contributed by atoms with Gasteiger partial charge in [-0.2, -0.15) is 26.3 Å². The third kappa shape index (κ3) is 9.28. The van der Waals surface area contributed by atoms with Crippen LogP contribution in [0.2, 0.25) is 0 Å². The topological polar surface area (TPSA) is 124 Å². The summed E-state index contributed by atoms with van der Waals surface area (Å²) in [4.78, 5) is 19.4. The van der Waals surface area contributed by atoms with Gasteiger partial charge >= 0.3 is 18.3 Å². The van der Waals surface area contributed by atoms with Crippen LogP contribution >= 0.6 is 0 Å². The van der Waals surface area contributed by atoms with E-state index in [-0.39, 0.29) is 59.3 Å². The monoisotopic (exact) mass is 729 g/mol. The van der Waals surface area contributed by atoms with Crippen LogP contribution in [-0.2, 0) is 30.2 Å². The second kappa shape index (κ2) is 15.1. The van der Waals surface area contributed by atoms with Crippen molar-refractivity contribution in [3.63, 3.8) is 0 Å². The Morgan fingerprint density at radius 3 is 2.14 bits per heavy atom. The lowest BCUT2D eigenvalue weighted by Crippen LogP contribution is -2.46. The number of hydrazine groups is 1. The number of anilines is 1. The molecule has 1 aliphatic carbocycles. The number of benzene rings is 2. The molecule has 278 valence electrons. The van der Waals surface area contributed by atoms with Gasteiger partial charge in [0.05, 0.1) is 16.6 Å². The summed E-state index contributed by atoms with van der Waals surface area (Å²) in [6.07, 6.45) is -4.61. The van der Waals surface area contributed by atoms with Gasteiger partial charge in [-0.25, -0.2) is 24.7 Å². The Kier molecular flexibility index (Phi) is 11.2. The second-order valence-electron chi connectivity index (χ2n) is 13.4. The summed E-state index contributed by atoms with van der Waals surface area (Å²) in [5, 5.41) is 14.3. The Morgan fingerprint density at radius 2 is 1.55 bits per heavy atom. The van der Waals surface area contributed by atoms with Crippen molar-refractivity contribution in [3.8, 4) is 0 Å². The molecular weight excluding hydrogens is 690 g/mol. The predicted molar refractivity (Wildman–Crippen MR) is 174 cm³/mol. The Labute approximate surface area is 288 Å². The zero-order chi connectivity index (χ0) is 37.2. The molecule has 0 spiro atoms. The fourth-order valence-electron chi connectivity index (χ4n) is 7.28. The minimum absolute atomic E-state index is 0.0314. The first kappa shape index (κ1) is 37.8. The van der Waals surface area contributed by atoms with E-state index >= 15 is 0 Å². The number of aliphatic carboxylic acids is 1. The van der Waals surface area contributed by atoms with E-state index in [2.05, 4.69) is 10.0 Å². The summed E-state index contributed by atoms with van der Waals surface area (Å²) < 4.78 is 111. The van der Waals surface area contributed by atoms with Gasteiger partial charge in [0.15, 0.2) is 11.6 Å². The molecule has 5 rings (SSSR count). The van der Waals surface area contributed by atoms with E-state index in [9.17, 15) is 45.0 Å². The number of rotatable bonds is 9. The van der Waals surface area contributed by atoms with E-state index in [4.69, 9.17) is 16.6 Å². The average molecular weight is 730 g/mol. The molecular formula is C34H39F8N7O2. The van der Waals surface area contributed by atoms with E-state index in [0.717, 1.165) is 62.2 Å². The van der Waals surface area contributed by atoms with Gasteiger partial charge in [0.2, 0.25) is 5.96 Å². The van der Waals surface area contributed by atoms with Gasteiger partial charge in [-0.1, -0.05) is 0 Å². The maximum Gasteiger partial charge on any atom is 0.416 e. The van der Waals surface area contributed by atoms with Gasteiger partial charge in [0, 0.05) is 56.2 Å². The fourth-order valence-corrected chi connectivity index (χ4v) is 7.28. The first-order chi connectivity index (χ1) is 23.9. The van der Waals surface area contributed by atoms with E-state index in [1.54, 1.807) is 6.07 Å². The number of fused-ring (bicyclic) bond motifs is 1. The summed E-state index contributed by atoms with van der Waals surface area (Å²) >= 11 is 0. The molecule has 2 heterocycles. The normalized spacial score (nSPS) is 20.5. The molecule has 9 nitrogen and oxygen atoms in total. The van der Waals surface area contributed by atoms with E-state index in [1.165, 1.54) is 11.9 Å². The summed E-state index contributed by atoms with van der Waals surface area (Å²) in [7, 11) is 1.32. The summed E-state index contributed by atoms with van der Waals surface area (Å²) in [6, 6.07) is 4.65. The summed E-state index contributed by atoms with van der Waals surface area (Å²) in [5.74, 6) is 2.86. The van der Waals surface area contributed by atoms with Crippen molar-refractivity contribution >= 4 is 28.6 Å². The number of alkyl halides is 6. The highest BCUT2D eigenvalue weighted by Gasteiger charge is 2.38. The number of aromatic nitrogens is 1. The van der Waals surface area contributed by atoms with Crippen molar-refractivity contribution in [2.24, 2.45) is 28.5 Å². The Balaban J connectivity index is 1.58. The minimum Gasteiger partial charge on any atom is -0.481 e. The molecule has 2 aliphatic rings. The van der Waals surface area contributed by atoms with Crippen molar-refractivity contribution in [1.82, 2.24) is 15.0 Å². The maximum atomic E-state index is 14.4. The molecule has 3 aromatic rings. The fraction of sp³-hybridized carbons (Fsp3) is 0.500. The van der Waals surface area contributed by atoms with E-state index in [0.29, 0.717) is 30.1 Å². The highest BCUT2D eigenvalue weighted by molar-refractivity contribution is 5.83. The molecule has 1 atom stereocenters. The third-order valence-electron chi connectivity index (χ3n) is 9.60. The molecule has 2 fully saturated rings. The van der Waals surface area contributed by atoms with Gasteiger partial charge in [0.1, 0.15) is 5.82 Å². The number of hydrazone groups is 1. The molecule has 1 aliphatic heterocycles. The van der Waals surface area contributed by atoms with Crippen LogP contribution in [0.4, 0.5) is 40.9 Å². The van der Waals surface area contributed by atoms with Crippen LogP contribution in [0.5, 0.6) is 0 Å². The SMILES string of the molecule is CN(N)/N=C(/N)N(Cc1cc(C(F)(F)F)cc(C(F)(F)F)c1)Cc1cc2cc(F)c(F)cc2nc1N1CCCC[C@H]1C1CCC(CC(=O)O)CC1. The number of carbonyl (C=O) groups is 1. The van der Waals surface area contributed by atoms with Crippen LogP contribution in [0.15, 0.2) is 41.5 Å². The van der Waals surface area contributed by atoms with Crippen molar-refractivity contribution < 1.29 is 45.0 Å². The van der Waals surface area contributed by atoms with Gasteiger partial charge in [-0.3, -0.25) is 4.79 Å². The van der Waals surface area contributed by atoms with E-state index < -0.39 is 47.6 Å². The van der Waals surface area contributed by atoms with Crippen LogP contribution in [0.1, 0.15) is 73.6 Å². The average Bonchev–Trinajstić information content (AvgIpc) is 3.04. The lowest BCUT2D eigenvalue weighted by molar-refractivity contribution is -0.143. The lowest BCUT2D eigenvalue weighted by atomic mass is 9.75. The first-order valence-corrected chi connectivity index (χ1v) is 16.5. The van der Waals surface area contributed by atoms with Gasteiger partial charge in [0.25, 0.3) is 0 Å². The molecule has 0 radical (unpaired) electrons. The van der Waals surface area contributed by atoms with Gasteiger partial charge in [-0.15, -0.1) is 5.10 Å². The molecule has 1 saturated heterocycles. The standard InChI is InChI=1S/C34H39F8N7O2/c1-47(44)46-32(43)48(17-20-10-24(33(37,38)39)15-25(11-20)34(40,41)42)18-23-13-22-14-26(35)27(36)16-28(22)45-31(23)49-9-3-2-4-29(49)21-7-5-19(6-8-21)12-30(50)51/h10-11,13-16,19,21,29H,2-9,12,17-18,44H2,1H3,(H2,43,46)(H,50,51)/t19?,21?,29-/m0/s1. The van der Waals surface area contributed by atoms with Gasteiger partial charge in [-0.05, 0) is 92.7 Å². The number of halogens is 8. The smallest absolute Gasteiger partial charge is 0.416 e. The zero-order valence-electron chi connectivity index (χ0n) is 27.7. The van der Waals surface area contributed by atoms with Crippen LogP contribution < -0.4 is 16.5 Å². The first-order valence-electron chi connectivity index (χ1n) is 16.5. The molecule has 51 heavy (non-hydrogen) atoms. The number of carboxylic acids is 1. The Morgan fingerprint density at radius 1 is 0.922 bits per heavy atom. The highest BCUT2D eigenvalue weighted by Crippen LogP contribution is 2.41. The zero-order valence-corrected chi connectivity index (χ0v) is 27.7. The Bertz CT molecular complexity index is 1720.